The minimum absolute atomic E-state index is 0.552. The van der Waals surface area contributed by atoms with Crippen LogP contribution in [0.25, 0.3) is 11.1 Å². The summed E-state index contributed by atoms with van der Waals surface area (Å²) >= 11 is 0. The molecule has 3 nitrogen and oxygen atoms in total. The molecule has 0 saturated carbocycles. The van der Waals surface area contributed by atoms with Crippen LogP contribution in [-0.2, 0) is 5.41 Å². The molecular formula is C28H22O3. The lowest BCUT2D eigenvalue weighted by Gasteiger charge is -2.34. The van der Waals surface area contributed by atoms with E-state index in [1.165, 1.54) is 11.1 Å². The zero-order chi connectivity index (χ0) is 21.4. The molecule has 4 aromatic rings. The number of hydrogen-bond donors (Lipinski definition) is 0. The van der Waals surface area contributed by atoms with Gasteiger partial charge in [-0.15, -0.1) is 0 Å². The Kier molecular flexibility index (Phi) is 4.59. The Bertz CT molecular complexity index is 1210. The number of methoxy groups -OCH3 is 2. The van der Waals surface area contributed by atoms with E-state index in [1.54, 1.807) is 14.2 Å². The molecule has 152 valence electrons. The van der Waals surface area contributed by atoms with Gasteiger partial charge in [-0.1, -0.05) is 60.7 Å². The maximum absolute atomic E-state index is 11.7. The van der Waals surface area contributed by atoms with Crippen molar-refractivity contribution in [2.75, 3.05) is 14.2 Å². The summed E-state index contributed by atoms with van der Waals surface area (Å²) in [6, 6.07) is 30.9. The molecule has 0 bridgehead atoms. The third-order valence-corrected chi connectivity index (χ3v) is 6.25. The van der Waals surface area contributed by atoms with Crippen LogP contribution in [0, 0.1) is 0 Å². The van der Waals surface area contributed by atoms with Crippen LogP contribution in [-0.4, -0.2) is 20.5 Å². The molecular weight excluding hydrogens is 384 g/mol. The molecule has 4 aromatic carbocycles. The summed E-state index contributed by atoms with van der Waals surface area (Å²) in [5.74, 6) is 1.61. The summed E-state index contributed by atoms with van der Waals surface area (Å²) in [7, 11) is 3.34. The standard InChI is InChI=1S/C28H22O3/c1-30-22-12-8-20(9-13-22)28(21-10-14-23(31-2)15-11-21)26-6-4-3-5-24(26)25-16-7-19(18-29)17-27(25)28/h3-18H,1-2H3. The SMILES string of the molecule is COc1ccc(C2(c3ccc(OC)cc3)c3ccccc3-c3ccc(C=O)cc32)cc1. The third kappa shape index (κ3) is 2.77. The van der Waals surface area contributed by atoms with Gasteiger partial charge in [0.25, 0.3) is 0 Å². The Morgan fingerprint density at radius 2 is 1.19 bits per heavy atom. The average Bonchev–Trinajstić information content (AvgIpc) is 3.14. The highest BCUT2D eigenvalue weighted by molar-refractivity contribution is 5.89. The number of carbonyl (C=O) groups excluding carboxylic acids is 1. The van der Waals surface area contributed by atoms with Crippen LogP contribution >= 0.6 is 0 Å². The van der Waals surface area contributed by atoms with Gasteiger partial charge in [0.15, 0.2) is 0 Å². The first-order chi connectivity index (χ1) is 15.2. The number of ether oxygens (including phenoxy) is 2. The van der Waals surface area contributed by atoms with E-state index >= 15 is 0 Å². The van der Waals surface area contributed by atoms with E-state index in [-0.39, 0.29) is 0 Å². The zero-order valence-electron chi connectivity index (χ0n) is 17.5. The molecule has 3 heteroatoms. The first-order valence-electron chi connectivity index (χ1n) is 10.2. The fourth-order valence-corrected chi connectivity index (χ4v) is 4.84. The molecule has 0 heterocycles. The molecule has 0 unspecified atom stereocenters. The fourth-order valence-electron chi connectivity index (χ4n) is 4.84. The molecule has 31 heavy (non-hydrogen) atoms. The maximum Gasteiger partial charge on any atom is 0.150 e. The van der Waals surface area contributed by atoms with Crippen LogP contribution in [0.4, 0.5) is 0 Å². The van der Waals surface area contributed by atoms with Crippen molar-refractivity contribution in [3.63, 3.8) is 0 Å². The molecule has 0 atom stereocenters. The summed E-state index contributed by atoms with van der Waals surface area (Å²) in [6.45, 7) is 0. The van der Waals surface area contributed by atoms with Crippen molar-refractivity contribution in [2.45, 2.75) is 5.41 Å². The monoisotopic (exact) mass is 406 g/mol. The zero-order valence-corrected chi connectivity index (χ0v) is 17.5. The van der Waals surface area contributed by atoms with Gasteiger partial charge in [-0.2, -0.15) is 0 Å². The van der Waals surface area contributed by atoms with Gasteiger partial charge in [0.1, 0.15) is 17.8 Å². The Labute approximate surface area is 181 Å². The van der Waals surface area contributed by atoms with Gasteiger partial charge in [0.2, 0.25) is 0 Å². The average molecular weight is 406 g/mol. The van der Waals surface area contributed by atoms with Crippen molar-refractivity contribution >= 4 is 6.29 Å². The summed E-state index contributed by atoms with van der Waals surface area (Å²) < 4.78 is 10.8. The van der Waals surface area contributed by atoms with Gasteiger partial charge in [0.05, 0.1) is 19.6 Å². The fraction of sp³-hybridized carbons (Fsp3) is 0.107. The highest BCUT2D eigenvalue weighted by Crippen LogP contribution is 2.56. The van der Waals surface area contributed by atoms with E-state index in [0.717, 1.165) is 40.0 Å². The second kappa shape index (κ2) is 7.44. The summed E-state index contributed by atoms with van der Waals surface area (Å²) in [5, 5.41) is 0. The van der Waals surface area contributed by atoms with Crippen LogP contribution in [0.5, 0.6) is 11.5 Å². The Morgan fingerprint density at radius 1 is 0.645 bits per heavy atom. The molecule has 0 aromatic heterocycles. The van der Waals surface area contributed by atoms with E-state index in [0.29, 0.717) is 5.56 Å². The lowest BCUT2D eigenvalue weighted by molar-refractivity contribution is 0.112. The largest absolute Gasteiger partial charge is 0.497 e. The smallest absolute Gasteiger partial charge is 0.150 e. The quantitative estimate of drug-likeness (QED) is 0.342. The Hall–Kier alpha value is -3.85. The molecule has 0 radical (unpaired) electrons. The second-order valence-corrected chi connectivity index (χ2v) is 7.68. The first kappa shape index (κ1) is 19.1. The number of hydrogen-bond acceptors (Lipinski definition) is 3. The van der Waals surface area contributed by atoms with Crippen molar-refractivity contribution < 1.29 is 14.3 Å². The predicted octanol–water partition coefficient (Wildman–Crippen LogP) is 5.88. The minimum Gasteiger partial charge on any atom is -0.497 e. The van der Waals surface area contributed by atoms with E-state index in [1.807, 2.05) is 36.4 Å². The van der Waals surface area contributed by atoms with Crippen LogP contribution in [0.3, 0.4) is 0 Å². The van der Waals surface area contributed by atoms with Crippen LogP contribution in [0.2, 0.25) is 0 Å². The van der Waals surface area contributed by atoms with Crippen molar-refractivity contribution in [2.24, 2.45) is 0 Å². The molecule has 0 spiro atoms. The highest BCUT2D eigenvalue weighted by atomic mass is 16.5. The molecule has 0 amide bonds. The molecule has 0 aliphatic heterocycles. The van der Waals surface area contributed by atoms with Gasteiger partial charge < -0.3 is 9.47 Å². The van der Waals surface area contributed by atoms with Crippen molar-refractivity contribution in [1.82, 2.24) is 0 Å². The van der Waals surface area contributed by atoms with E-state index < -0.39 is 5.41 Å². The van der Waals surface area contributed by atoms with Crippen LogP contribution < -0.4 is 9.47 Å². The predicted molar refractivity (Wildman–Crippen MR) is 122 cm³/mol. The molecule has 0 saturated heterocycles. The number of rotatable bonds is 5. The summed E-state index contributed by atoms with van der Waals surface area (Å²) in [6.07, 6.45) is 0.913. The molecule has 5 rings (SSSR count). The van der Waals surface area contributed by atoms with Crippen molar-refractivity contribution in [3.8, 4) is 22.6 Å². The van der Waals surface area contributed by atoms with Crippen LogP contribution in [0.15, 0.2) is 91.0 Å². The van der Waals surface area contributed by atoms with Gasteiger partial charge in [-0.25, -0.2) is 0 Å². The van der Waals surface area contributed by atoms with E-state index in [9.17, 15) is 4.79 Å². The number of benzene rings is 4. The Morgan fingerprint density at radius 3 is 1.74 bits per heavy atom. The van der Waals surface area contributed by atoms with Crippen molar-refractivity contribution in [3.05, 3.63) is 119 Å². The van der Waals surface area contributed by atoms with Gasteiger partial charge in [-0.3, -0.25) is 4.79 Å². The van der Waals surface area contributed by atoms with Gasteiger partial charge in [0, 0.05) is 5.56 Å². The Balaban J connectivity index is 1.90. The molecule has 1 aliphatic carbocycles. The second-order valence-electron chi connectivity index (χ2n) is 7.68. The maximum atomic E-state index is 11.7. The first-order valence-corrected chi connectivity index (χ1v) is 10.2. The number of aldehydes is 1. The van der Waals surface area contributed by atoms with E-state index in [4.69, 9.17) is 9.47 Å². The normalized spacial score (nSPS) is 13.2. The summed E-state index contributed by atoms with van der Waals surface area (Å²) in [5.41, 5.74) is 6.98. The lowest BCUT2D eigenvalue weighted by atomic mass is 9.67. The topological polar surface area (TPSA) is 35.5 Å². The minimum atomic E-state index is -0.552. The van der Waals surface area contributed by atoms with Crippen LogP contribution in [0.1, 0.15) is 32.6 Å². The van der Waals surface area contributed by atoms with E-state index in [2.05, 4.69) is 54.6 Å². The van der Waals surface area contributed by atoms with Gasteiger partial charge >= 0.3 is 0 Å². The summed E-state index contributed by atoms with van der Waals surface area (Å²) in [4.78, 5) is 11.7. The molecule has 0 fully saturated rings. The molecule has 1 aliphatic rings. The number of fused-ring (bicyclic) bond motifs is 3. The number of carbonyl (C=O) groups is 1. The molecule has 0 N–H and O–H groups in total. The highest BCUT2D eigenvalue weighted by Gasteiger charge is 2.46. The van der Waals surface area contributed by atoms with Gasteiger partial charge in [-0.05, 0) is 63.7 Å². The third-order valence-electron chi connectivity index (χ3n) is 6.25. The van der Waals surface area contributed by atoms with Crippen molar-refractivity contribution in [1.29, 1.82) is 0 Å². The lowest BCUT2D eigenvalue weighted by Crippen LogP contribution is -2.28.